The van der Waals surface area contributed by atoms with Gasteiger partial charge in [-0.3, -0.25) is 4.79 Å². The van der Waals surface area contributed by atoms with Crippen LogP contribution < -0.4 is 9.64 Å². The van der Waals surface area contributed by atoms with Gasteiger partial charge in [-0.15, -0.1) is 10.2 Å². The Morgan fingerprint density at radius 2 is 1.76 bits per heavy atom. The second-order valence-electron chi connectivity index (χ2n) is 6.99. The zero-order chi connectivity index (χ0) is 20.2. The van der Waals surface area contributed by atoms with Crippen molar-refractivity contribution >= 4 is 11.7 Å². The Kier molecular flexibility index (Phi) is 5.37. The van der Waals surface area contributed by atoms with Gasteiger partial charge in [-0.05, 0) is 49.2 Å². The lowest BCUT2D eigenvalue weighted by Gasteiger charge is -2.35. The summed E-state index contributed by atoms with van der Waals surface area (Å²) in [5.41, 5.74) is 2.36. The maximum atomic E-state index is 12.5. The van der Waals surface area contributed by atoms with Gasteiger partial charge in [0.05, 0.1) is 0 Å². The molecule has 1 saturated heterocycles. The number of amides is 1. The lowest BCUT2D eigenvalue weighted by atomic mass is 10.1. The van der Waals surface area contributed by atoms with E-state index >= 15 is 0 Å². The van der Waals surface area contributed by atoms with Crippen molar-refractivity contribution in [1.82, 2.24) is 29.9 Å². The number of hydrogen-bond acceptors (Lipinski definition) is 7. The van der Waals surface area contributed by atoms with E-state index in [9.17, 15) is 4.79 Å². The number of hydrogen-bond donors (Lipinski definition) is 0. The molecule has 9 nitrogen and oxygen atoms in total. The molecule has 0 bridgehead atoms. The maximum absolute atomic E-state index is 12.5. The van der Waals surface area contributed by atoms with Crippen molar-refractivity contribution in [3.63, 3.8) is 0 Å². The summed E-state index contributed by atoms with van der Waals surface area (Å²) in [5, 5.41) is 12.5. The van der Waals surface area contributed by atoms with E-state index in [0.717, 1.165) is 17.1 Å². The van der Waals surface area contributed by atoms with Gasteiger partial charge in [-0.1, -0.05) is 6.07 Å². The van der Waals surface area contributed by atoms with Gasteiger partial charge in [0.1, 0.15) is 18.4 Å². The van der Waals surface area contributed by atoms with Crippen molar-refractivity contribution in [1.29, 1.82) is 0 Å². The largest absolute Gasteiger partial charge is 0.484 e. The van der Waals surface area contributed by atoms with E-state index < -0.39 is 0 Å². The van der Waals surface area contributed by atoms with Crippen LogP contribution in [0, 0.1) is 13.8 Å². The first kappa shape index (κ1) is 18.9. The molecule has 0 saturated carbocycles. The standard InChI is InChI=1S/C20H23N7O2/c1-15-3-4-17(11-16(15)2)29-12-20(28)26-9-7-25(8-10-26)18-5-6-19(24-23-18)27-14-21-13-22-27/h3-6,11,13-14H,7-10,12H2,1-2H3. The van der Waals surface area contributed by atoms with Crippen LogP contribution in [0.3, 0.4) is 0 Å². The van der Waals surface area contributed by atoms with Crippen LogP contribution in [0.15, 0.2) is 43.0 Å². The van der Waals surface area contributed by atoms with Gasteiger partial charge in [0.15, 0.2) is 18.2 Å². The Labute approximate surface area is 168 Å². The Hall–Kier alpha value is -3.49. The van der Waals surface area contributed by atoms with Crippen molar-refractivity contribution < 1.29 is 9.53 Å². The van der Waals surface area contributed by atoms with Crippen molar-refractivity contribution in [2.24, 2.45) is 0 Å². The summed E-state index contributed by atoms with van der Waals surface area (Å²) >= 11 is 0. The zero-order valence-electron chi connectivity index (χ0n) is 16.5. The SMILES string of the molecule is Cc1ccc(OCC(=O)N2CCN(c3ccc(-n4cncn4)nn3)CC2)cc1C. The van der Waals surface area contributed by atoms with E-state index in [1.54, 1.807) is 11.0 Å². The van der Waals surface area contributed by atoms with Crippen molar-refractivity contribution in [2.75, 3.05) is 37.7 Å². The van der Waals surface area contributed by atoms with Gasteiger partial charge in [-0.2, -0.15) is 5.10 Å². The molecular formula is C20H23N7O2. The van der Waals surface area contributed by atoms with Gasteiger partial charge < -0.3 is 14.5 Å². The van der Waals surface area contributed by atoms with Crippen LogP contribution in [0.1, 0.15) is 11.1 Å². The number of aromatic nitrogens is 5. The Morgan fingerprint density at radius 3 is 2.41 bits per heavy atom. The van der Waals surface area contributed by atoms with E-state index in [2.05, 4.69) is 32.1 Å². The first-order valence-corrected chi connectivity index (χ1v) is 9.51. The number of ether oxygens (including phenoxy) is 1. The lowest BCUT2D eigenvalue weighted by Crippen LogP contribution is -2.50. The fourth-order valence-electron chi connectivity index (χ4n) is 3.16. The molecule has 1 amide bonds. The van der Waals surface area contributed by atoms with E-state index in [4.69, 9.17) is 4.74 Å². The Balaban J connectivity index is 1.28. The van der Waals surface area contributed by atoms with Gasteiger partial charge in [0.2, 0.25) is 0 Å². The molecule has 1 aromatic carbocycles. The van der Waals surface area contributed by atoms with Crippen LogP contribution in [0.2, 0.25) is 0 Å². The highest BCUT2D eigenvalue weighted by atomic mass is 16.5. The molecule has 9 heteroatoms. The summed E-state index contributed by atoms with van der Waals surface area (Å²) in [5.74, 6) is 2.12. The molecule has 0 radical (unpaired) electrons. The predicted octanol–water partition coefficient (Wildman–Crippen LogP) is 1.40. The molecule has 1 aliphatic heterocycles. The number of carbonyl (C=O) groups excluding carboxylic acids is 1. The molecule has 2 aromatic heterocycles. The van der Waals surface area contributed by atoms with Gasteiger partial charge in [0.25, 0.3) is 5.91 Å². The minimum Gasteiger partial charge on any atom is -0.484 e. The average molecular weight is 393 g/mol. The number of anilines is 1. The second kappa shape index (κ2) is 8.26. The normalized spacial score (nSPS) is 14.1. The third-order valence-electron chi connectivity index (χ3n) is 5.09. The van der Waals surface area contributed by atoms with Gasteiger partial charge in [-0.25, -0.2) is 9.67 Å². The van der Waals surface area contributed by atoms with E-state index in [0.29, 0.717) is 32.0 Å². The number of nitrogens with zero attached hydrogens (tertiary/aromatic N) is 7. The summed E-state index contributed by atoms with van der Waals surface area (Å²) in [6.45, 7) is 6.79. The Bertz CT molecular complexity index is 965. The van der Waals surface area contributed by atoms with Crippen LogP contribution in [0.25, 0.3) is 5.82 Å². The van der Waals surface area contributed by atoms with E-state index in [1.807, 2.05) is 42.2 Å². The lowest BCUT2D eigenvalue weighted by molar-refractivity contribution is -0.133. The summed E-state index contributed by atoms with van der Waals surface area (Å²) < 4.78 is 7.23. The number of benzene rings is 1. The Morgan fingerprint density at radius 1 is 1.00 bits per heavy atom. The van der Waals surface area contributed by atoms with E-state index in [-0.39, 0.29) is 12.5 Å². The molecule has 4 rings (SSSR count). The third kappa shape index (κ3) is 4.34. The summed E-state index contributed by atoms with van der Waals surface area (Å²) in [6.07, 6.45) is 3.03. The predicted molar refractivity (Wildman–Crippen MR) is 107 cm³/mol. The smallest absolute Gasteiger partial charge is 0.260 e. The zero-order valence-corrected chi connectivity index (χ0v) is 16.5. The fourth-order valence-corrected chi connectivity index (χ4v) is 3.16. The average Bonchev–Trinajstić information content (AvgIpc) is 3.29. The number of piperazine rings is 1. The van der Waals surface area contributed by atoms with Crippen molar-refractivity contribution in [3.8, 4) is 11.6 Å². The molecule has 1 fully saturated rings. The van der Waals surface area contributed by atoms with Crippen LogP contribution in [0.4, 0.5) is 5.82 Å². The monoisotopic (exact) mass is 393 g/mol. The minimum atomic E-state index is -0.00417. The van der Waals surface area contributed by atoms with Crippen molar-refractivity contribution in [2.45, 2.75) is 13.8 Å². The molecule has 0 N–H and O–H groups in total. The molecule has 3 heterocycles. The van der Waals surface area contributed by atoms with Crippen LogP contribution in [-0.4, -0.2) is 68.6 Å². The fraction of sp³-hybridized carbons (Fsp3) is 0.350. The first-order chi connectivity index (χ1) is 14.1. The molecule has 0 spiro atoms. The number of aryl methyl sites for hydroxylation is 2. The topological polar surface area (TPSA) is 89.3 Å². The maximum Gasteiger partial charge on any atom is 0.260 e. The van der Waals surface area contributed by atoms with Crippen molar-refractivity contribution in [3.05, 3.63) is 54.1 Å². The van der Waals surface area contributed by atoms with Crippen LogP contribution in [0.5, 0.6) is 5.75 Å². The first-order valence-electron chi connectivity index (χ1n) is 9.51. The van der Waals surface area contributed by atoms with Gasteiger partial charge >= 0.3 is 0 Å². The summed E-state index contributed by atoms with van der Waals surface area (Å²) in [7, 11) is 0. The molecule has 150 valence electrons. The third-order valence-corrected chi connectivity index (χ3v) is 5.09. The highest BCUT2D eigenvalue weighted by molar-refractivity contribution is 5.78. The minimum absolute atomic E-state index is 0.00417. The molecule has 0 aliphatic carbocycles. The second-order valence-corrected chi connectivity index (χ2v) is 6.99. The molecule has 3 aromatic rings. The molecule has 29 heavy (non-hydrogen) atoms. The molecular weight excluding hydrogens is 370 g/mol. The van der Waals surface area contributed by atoms with Gasteiger partial charge in [0, 0.05) is 26.2 Å². The highest BCUT2D eigenvalue weighted by Crippen LogP contribution is 2.17. The van der Waals surface area contributed by atoms with Crippen LogP contribution >= 0.6 is 0 Å². The number of carbonyl (C=O) groups is 1. The molecule has 1 aliphatic rings. The van der Waals surface area contributed by atoms with Crippen LogP contribution in [-0.2, 0) is 4.79 Å². The highest BCUT2D eigenvalue weighted by Gasteiger charge is 2.22. The number of rotatable bonds is 5. The van der Waals surface area contributed by atoms with E-state index in [1.165, 1.54) is 11.9 Å². The molecule has 0 atom stereocenters. The quantitative estimate of drug-likeness (QED) is 0.647. The summed E-state index contributed by atoms with van der Waals surface area (Å²) in [6, 6.07) is 9.62. The summed E-state index contributed by atoms with van der Waals surface area (Å²) in [4.78, 5) is 20.3. The molecule has 0 unspecified atom stereocenters.